The van der Waals surface area contributed by atoms with E-state index in [2.05, 4.69) is 10.3 Å². The van der Waals surface area contributed by atoms with Crippen LogP contribution in [0.25, 0.3) is 0 Å². The van der Waals surface area contributed by atoms with Gasteiger partial charge in [0.05, 0.1) is 24.5 Å². The van der Waals surface area contributed by atoms with Crippen molar-refractivity contribution >= 4 is 17.7 Å². The number of nitrogens with zero attached hydrogens (tertiary/aromatic N) is 2. The summed E-state index contributed by atoms with van der Waals surface area (Å²) >= 11 is 0. The molecule has 0 unspecified atom stereocenters. The highest BCUT2D eigenvalue weighted by Crippen LogP contribution is 2.35. The first kappa shape index (κ1) is 26.4. The number of likely N-dealkylation sites (tertiary alicyclic amines) is 1. The van der Waals surface area contributed by atoms with E-state index in [9.17, 15) is 23.2 Å². The van der Waals surface area contributed by atoms with Crippen LogP contribution in [0, 0.1) is 17.6 Å². The number of aromatic nitrogens is 1. The molecule has 8 nitrogen and oxygen atoms in total. The third-order valence-electron chi connectivity index (χ3n) is 7.31. The van der Waals surface area contributed by atoms with Gasteiger partial charge < -0.3 is 24.8 Å². The molecule has 2 aliphatic heterocycles. The van der Waals surface area contributed by atoms with Crippen LogP contribution in [0.5, 0.6) is 5.75 Å². The molecule has 2 bridgehead atoms. The highest BCUT2D eigenvalue weighted by Gasteiger charge is 2.40. The summed E-state index contributed by atoms with van der Waals surface area (Å²) in [5.74, 6) is -2.37. The molecule has 0 aliphatic carbocycles. The fourth-order valence-corrected chi connectivity index (χ4v) is 5.23. The first-order valence-corrected chi connectivity index (χ1v) is 13.0. The predicted molar refractivity (Wildman–Crippen MR) is 139 cm³/mol. The lowest BCUT2D eigenvalue weighted by Crippen LogP contribution is -2.42. The Balaban J connectivity index is 1.35. The zero-order chi connectivity index (χ0) is 27.4. The summed E-state index contributed by atoms with van der Waals surface area (Å²) in [7, 11) is 0. The largest absolute Gasteiger partial charge is 0.494 e. The maximum atomic E-state index is 14.2. The topological polar surface area (TPSA) is 94.7 Å². The third-order valence-corrected chi connectivity index (χ3v) is 7.31. The number of ether oxygens (including phenoxy) is 1. The Morgan fingerprint density at radius 2 is 1.85 bits per heavy atom. The van der Waals surface area contributed by atoms with Crippen LogP contribution in [0.1, 0.15) is 33.8 Å². The number of hydrogen-bond donors (Lipinski definition) is 2. The van der Waals surface area contributed by atoms with E-state index < -0.39 is 17.6 Å². The quantitative estimate of drug-likeness (QED) is 0.538. The summed E-state index contributed by atoms with van der Waals surface area (Å²) in [6.45, 7) is 1.90. The smallest absolute Gasteiger partial charge is 0.255 e. The van der Waals surface area contributed by atoms with Gasteiger partial charge in [0.1, 0.15) is 17.4 Å². The van der Waals surface area contributed by atoms with E-state index in [1.165, 1.54) is 6.07 Å². The second kappa shape index (κ2) is 11.7. The molecule has 0 spiro atoms. The molecular weight excluding hydrogens is 506 g/mol. The maximum Gasteiger partial charge on any atom is 0.255 e. The van der Waals surface area contributed by atoms with E-state index in [4.69, 9.17) is 4.74 Å². The summed E-state index contributed by atoms with van der Waals surface area (Å²) in [5, 5.41) is 2.96. The molecule has 1 fully saturated rings. The minimum Gasteiger partial charge on any atom is -0.494 e. The average Bonchev–Trinajstić information content (AvgIpc) is 3.62. The lowest BCUT2D eigenvalue weighted by Gasteiger charge is -2.24. The summed E-state index contributed by atoms with van der Waals surface area (Å²) < 4.78 is 33.5. The second-order valence-electron chi connectivity index (χ2n) is 9.88. The van der Waals surface area contributed by atoms with E-state index >= 15 is 0 Å². The summed E-state index contributed by atoms with van der Waals surface area (Å²) in [4.78, 5) is 45.6. The first-order chi connectivity index (χ1) is 18.9. The van der Waals surface area contributed by atoms with Gasteiger partial charge in [-0.25, -0.2) is 8.78 Å². The Morgan fingerprint density at radius 3 is 2.64 bits per heavy atom. The zero-order valence-electron chi connectivity index (χ0n) is 21.4. The molecule has 3 heterocycles. The molecule has 5 rings (SSSR count). The fraction of sp³-hybridized carbons (Fsp3) is 0.345. The average molecular weight is 537 g/mol. The van der Waals surface area contributed by atoms with Gasteiger partial charge in [-0.3, -0.25) is 14.4 Å². The normalized spacial score (nSPS) is 20.0. The molecule has 1 aromatic heterocycles. The van der Waals surface area contributed by atoms with Crippen LogP contribution in [0.4, 0.5) is 8.78 Å². The highest BCUT2D eigenvalue weighted by molar-refractivity contribution is 5.94. The molecule has 2 aromatic carbocycles. The first-order valence-electron chi connectivity index (χ1n) is 13.0. The van der Waals surface area contributed by atoms with Crippen molar-refractivity contribution in [2.45, 2.75) is 18.8 Å². The van der Waals surface area contributed by atoms with E-state index in [1.54, 1.807) is 28.3 Å². The van der Waals surface area contributed by atoms with Gasteiger partial charge in [0.25, 0.3) is 5.91 Å². The van der Waals surface area contributed by atoms with E-state index in [0.717, 1.165) is 17.7 Å². The van der Waals surface area contributed by atoms with Crippen molar-refractivity contribution in [1.82, 2.24) is 20.1 Å². The molecule has 0 saturated carbocycles. The van der Waals surface area contributed by atoms with Crippen molar-refractivity contribution in [3.05, 3.63) is 89.2 Å². The van der Waals surface area contributed by atoms with Crippen molar-refractivity contribution < 1.29 is 27.9 Å². The fourth-order valence-electron chi connectivity index (χ4n) is 5.23. The summed E-state index contributed by atoms with van der Waals surface area (Å²) in [5.41, 5.74) is 1.52. The predicted octanol–water partition coefficient (Wildman–Crippen LogP) is 3.12. The molecule has 1 saturated heterocycles. The molecular formula is C29H30F2N4O4. The Labute approximate surface area is 224 Å². The van der Waals surface area contributed by atoms with Gasteiger partial charge in [-0.15, -0.1) is 0 Å². The van der Waals surface area contributed by atoms with Gasteiger partial charge >= 0.3 is 0 Å². The van der Waals surface area contributed by atoms with E-state index in [0.29, 0.717) is 37.4 Å². The lowest BCUT2D eigenvalue weighted by molar-refractivity contribution is -0.130. The number of carbonyl (C=O) groups excluding carboxylic acids is 3. The van der Waals surface area contributed by atoms with Gasteiger partial charge in [0, 0.05) is 57.1 Å². The summed E-state index contributed by atoms with van der Waals surface area (Å²) in [6.07, 6.45) is 3.71. The SMILES string of the molecule is O=C1NCCN(C(=O)c2cc[nH]c2)CCCOc2cccc(c2)[C@H]2CN(C(=O)Cc3ccc(F)cc3F)C[C@H]12. The van der Waals surface area contributed by atoms with E-state index in [1.807, 2.05) is 24.3 Å². The number of aromatic amines is 1. The van der Waals surface area contributed by atoms with Gasteiger partial charge in [-0.05, 0) is 41.8 Å². The second-order valence-corrected chi connectivity index (χ2v) is 9.88. The highest BCUT2D eigenvalue weighted by atomic mass is 19.1. The van der Waals surface area contributed by atoms with Crippen molar-refractivity contribution in [2.75, 3.05) is 39.3 Å². The lowest BCUT2D eigenvalue weighted by atomic mass is 9.88. The Kier molecular flexibility index (Phi) is 7.90. The van der Waals surface area contributed by atoms with Crippen LogP contribution in [0.15, 0.2) is 60.9 Å². The minimum absolute atomic E-state index is 0.104. The Bertz CT molecular complexity index is 1350. The Hall–Kier alpha value is -4.21. The number of hydrogen-bond acceptors (Lipinski definition) is 4. The number of H-pyrrole nitrogens is 1. The van der Waals surface area contributed by atoms with Gasteiger partial charge in [0.2, 0.25) is 11.8 Å². The monoisotopic (exact) mass is 536 g/mol. The van der Waals surface area contributed by atoms with Gasteiger partial charge in [0.15, 0.2) is 0 Å². The van der Waals surface area contributed by atoms with Crippen LogP contribution >= 0.6 is 0 Å². The molecule has 3 amide bonds. The van der Waals surface area contributed by atoms with Crippen molar-refractivity contribution in [1.29, 1.82) is 0 Å². The summed E-state index contributed by atoms with van der Waals surface area (Å²) in [6, 6.07) is 12.3. The van der Waals surface area contributed by atoms with Crippen molar-refractivity contribution in [2.24, 2.45) is 5.92 Å². The Morgan fingerprint density at radius 1 is 1.00 bits per heavy atom. The number of halogens is 2. The molecule has 10 heteroatoms. The minimum atomic E-state index is -0.775. The number of rotatable bonds is 3. The van der Waals surface area contributed by atoms with Gasteiger partial charge in [-0.1, -0.05) is 18.2 Å². The number of carbonyl (C=O) groups is 3. The number of nitrogens with one attached hydrogen (secondary N) is 2. The molecule has 2 N–H and O–H groups in total. The van der Waals surface area contributed by atoms with Crippen molar-refractivity contribution in [3.63, 3.8) is 0 Å². The van der Waals surface area contributed by atoms with Crippen LogP contribution in [-0.4, -0.2) is 71.8 Å². The molecule has 0 radical (unpaired) electrons. The van der Waals surface area contributed by atoms with Crippen LogP contribution in [0.3, 0.4) is 0 Å². The number of benzene rings is 2. The third kappa shape index (κ3) is 6.10. The standard InChI is InChI=1S/C29H30F2N4O4/c30-22-6-5-20(26(31)15-22)14-27(36)35-17-24-19-3-1-4-23(13-19)39-12-2-10-34(29(38)21-7-8-32-16-21)11-9-33-28(37)25(24)18-35/h1,3-8,13,15-16,24-25,32H,2,9-12,14,17-18H2,(H,33,37)/t24-,25+/m1/s1. The zero-order valence-corrected chi connectivity index (χ0v) is 21.4. The number of fused-ring (bicyclic) bond motifs is 4. The van der Waals surface area contributed by atoms with Crippen LogP contribution < -0.4 is 10.1 Å². The molecule has 2 aliphatic rings. The molecule has 39 heavy (non-hydrogen) atoms. The van der Waals surface area contributed by atoms with Crippen LogP contribution in [0.2, 0.25) is 0 Å². The maximum absolute atomic E-state index is 14.2. The molecule has 204 valence electrons. The van der Waals surface area contributed by atoms with Gasteiger partial charge in [-0.2, -0.15) is 0 Å². The number of amides is 3. The molecule has 3 aromatic rings. The van der Waals surface area contributed by atoms with Crippen LogP contribution in [-0.2, 0) is 16.0 Å². The van der Waals surface area contributed by atoms with E-state index in [-0.39, 0.29) is 55.3 Å². The van der Waals surface area contributed by atoms with Crippen molar-refractivity contribution in [3.8, 4) is 5.75 Å². The molecule has 2 atom stereocenters.